The molecule has 1 aromatic carbocycles. The maximum absolute atomic E-state index is 12.0. The zero-order valence-corrected chi connectivity index (χ0v) is 15.2. The van der Waals surface area contributed by atoms with E-state index in [1.165, 1.54) is 23.0 Å². The van der Waals surface area contributed by atoms with Crippen LogP contribution in [0.3, 0.4) is 0 Å². The molecule has 4 nitrogen and oxygen atoms in total. The second kappa shape index (κ2) is 6.39. The second-order valence-electron chi connectivity index (χ2n) is 6.83. The van der Waals surface area contributed by atoms with Crippen molar-refractivity contribution < 1.29 is 8.42 Å². The molecule has 1 N–H and O–H groups in total. The Bertz CT molecular complexity index is 953. The number of pyridine rings is 1. The minimum Gasteiger partial charge on any atom is -0.316 e. The van der Waals surface area contributed by atoms with E-state index in [0.717, 1.165) is 55.6 Å². The first-order valence-electron chi connectivity index (χ1n) is 8.74. The maximum atomic E-state index is 12.0. The van der Waals surface area contributed by atoms with E-state index in [1.54, 1.807) is 6.07 Å². The van der Waals surface area contributed by atoms with Gasteiger partial charge in [0.1, 0.15) is 0 Å². The number of aromatic nitrogens is 1. The molecular weight excluding hydrogens is 332 g/mol. The van der Waals surface area contributed by atoms with Crippen LogP contribution in [0.5, 0.6) is 0 Å². The molecule has 2 aliphatic rings. The Labute approximate surface area is 148 Å². The number of nitrogens with zero attached hydrogens (tertiary/aromatic N) is 1. The van der Waals surface area contributed by atoms with E-state index in [2.05, 4.69) is 11.4 Å². The molecule has 1 aliphatic heterocycles. The van der Waals surface area contributed by atoms with Crippen molar-refractivity contribution >= 4 is 15.4 Å². The molecule has 0 saturated carbocycles. The van der Waals surface area contributed by atoms with Crippen LogP contribution in [0, 0.1) is 0 Å². The lowest BCUT2D eigenvalue weighted by molar-refractivity contribution is 0.601. The van der Waals surface area contributed by atoms with E-state index < -0.39 is 9.84 Å². The highest BCUT2D eigenvalue weighted by Crippen LogP contribution is 2.37. The molecule has 2 aromatic rings. The second-order valence-corrected chi connectivity index (χ2v) is 8.85. The number of benzene rings is 1. The van der Waals surface area contributed by atoms with Gasteiger partial charge in [0.2, 0.25) is 0 Å². The molecule has 0 spiro atoms. The number of aryl methyl sites for hydroxylation is 2. The Morgan fingerprint density at radius 2 is 1.76 bits per heavy atom. The summed E-state index contributed by atoms with van der Waals surface area (Å²) in [6.07, 6.45) is 6.88. The quantitative estimate of drug-likeness (QED) is 0.855. The fourth-order valence-corrected chi connectivity index (χ4v) is 4.52. The van der Waals surface area contributed by atoms with Crippen molar-refractivity contribution in [1.82, 2.24) is 10.3 Å². The monoisotopic (exact) mass is 354 g/mol. The van der Waals surface area contributed by atoms with Gasteiger partial charge in [-0.15, -0.1) is 0 Å². The van der Waals surface area contributed by atoms with Crippen molar-refractivity contribution in [3.05, 3.63) is 64.5 Å². The summed E-state index contributed by atoms with van der Waals surface area (Å²) in [5.74, 6) is 0. The number of fused-ring (bicyclic) bond motifs is 2. The Morgan fingerprint density at radius 3 is 2.52 bits per heavy atom. The first-order chi connectivity index (χ1) is 12.0. The van der Waals surface area contributed by atoms with Gasteiger partial charge in [0, 0.05) is 18.0 Å². The third kappa shape index (κ3) is 3.14. The van der Waals surface area contributed by atoms with Crippen LogP contribution in [0.25, 0.3) is 5.57 Å². The van der Waals surface area contributed by atoms with Crippen molar-refractivity contribution in [3.8, 4) is 0 Å². The predicted octanol–water partition coefficient (Wildman–Crippen LogP) is 2.77. The van der Waals surface area contributed by atoms with E-state index >= 15 is 0 Å². The van der Waals surface area contributed by atoms with Crippen LogP contribution < -0.4 is 5.32 Å². The smallest absolute Gasteiger partial charge is 0.175 e. The highest BCUT2D eigenvalue weighted by atomic mass is 32.2. The minimum absolute atomic E-state index is 0.403. The first-order valence-corrected chi connectivity index (χ1v) is 10.6. The summed E-state index contributed by atoms with van der Waals surface area (Å²) < 4.78 is 23.9. The Balaban J connectivity index is 1.96. The molecule has 25 heavy (non-hydrogen) atoms. The van der Waals surface area contributed by atoms with E-state index in [0.29, 0.717) is 4.90 Å². The summed E-state index contributed by atoms with van der Waals surface area (Å²) in [4.78, 5) is 5.11. The normalized spacial score (nSPS) is 17.6. The lowest BCUT2D eigenvalue weighted by Gasteiger charge is -2.22. The topological polar surface area (TPSA) is 59.1 Å². The van der Waals surface area contributed by atoms with Gasteiger partial charge >= 0.3 is 0 Å². The van der Waals surface area contributed by atoms with Gasteiger partial charge in [-0.25, -0.2) is 8.42 Å². The summed E-state index contributed by atoms with van der Waals surface area (Å²) in [5.41, 5.74) is 7.24. The van der Waals surface area contributed by atoms with Crippen molar-refractivity contribution in [2.75, 3.05) is 19.3 Å². The standard InChI is InChI=1S/C20H22N2O2S/c1-25(23,24)17-6-7-18-16(13-17)5-4-15-3-2-10-22-20(15)19(18)14-8-11-21-12-9-14/h2-3,6-7,10,13,21H,4-5,8-9,11-12H2,1H3. The summed E-state index contributed by atoms with van der Waals surface area (Å²) >= 11 is 0. The van der Waals surface area contributed by atoms with Crippen LogP contribution in [0.2, 0.25) is 0 Å². The lowest BCUT2D eigenvalue weighted by Crippen LogP contribution is -2.24. The van der Waals surface area contributed by atoms with Gasteiger partial charge in [-0.1, -0.05) is 17.7 Å². The summed E-state index contributed by atoms with van der Waals surface area (Å²) in [5, 5.41) is 3.41. The summed E-state index contributed by atoms with van der Waals surface area (Å²) in [6, 6.07) is 9.72. The third-order valence-corrected chi connectivity index (χ3v) is 6.24. The molecule has 0 atom stereocenters. The molecule has 4 rings (SSSR count). The molecule has 5 heteroatoms. The van der Waals surface area contributed by atoms with E-state index in [4.69, 9.17) is 4.98 Å². The minimum atomic E-state index is -3.20. The van der Waals surface area contributed by atoms with Gasteiger partial charge in [0.25, 0.3) is 0 Å². The molecule has 0 unspecified atom stereocenters. The zero-order valence-electron chi connectivity index (χ0n) is 14.4. The van der Waals surface area contributed by atoms with Gasteiger partial charge in [0.05, 0.1) is 10.6 Å². The van der Waals surface area contributed by atoms with Gasteiger partial charge in [-0.05, 0) is 73.7 Å². The molecule has 0 radical (unpaired) electrons. The molecule has 2 heterocycles. The number of hydrogen-bond acceptors (Lipinski definition) is 4. The van der Waals surface area contributed by atoms with Crippen molar-refractivity contribution in [2.24, 2.45) is 0 Å². The third-order valence-electron chi connectivity index (χ3n) is 5.13. The van der Waals surface area contributed by atoms with Crippen LogP contribution in [0.1, 0.15) is 35.2 Å². The highest BCUT2D eigenvalue weighted by Gasteiger charge is 2.24. The van der Waals surface area contributed by atoms with Crippen LogP contribution in [-0.2, 0) is 22.7 Å². The van der Waals surface area contributed by atoms with Gasteiger partial charge < -0.3 is 5.32 Å². The molecule has 1 saturated heterocycles. The van der Waals surface area contributed by atoms with Crippen LogP contribution >= 0.6 is 0 Å². The maximum Gasteiger partial charge on any atom is 0.175 e. The first kappa shape index (κ1) is 16.5. The fourth-order valence-electron chi connectivity index (χ4n) is 3.85. The number of nitrogens with one attached hydrogen (secondary N) is 1. The molecule has 0 amide bonds. The van der Waals surface area contributed by atoms with Crippen LogP contribution in [0.4, 0.5) is 0 Å². The van der Waals surface area contributed by atoms with E-state index in [1.807, 2.05) is 24.4 Å². The molecular formula is C20H22N2O2S. The Hall–Kier alpha value is -1.98. The fraction of sp³-hybridized carbons (Fsp3) is 0.350. The molecule has 0 bridgehead atoms. The SMILES string of the molecule is CS(=O)(=O)c1ccc2c(c1)CCc1cccnc1C2=C1CCNCC1. The Kier molecular flexibility index (Phi) is 4.21. The largest absolute Gasteiger partial charge is 0.316 e. The lowest BCUT2D eigenvalue weighted by atomic mass is 9.89. The van der Waals surface area contributed by atoms with Crippen molar-refractivity contribution in [1.29, 1.82) is 0 Å². The number of hydrogen-bond donors (Lipinski definition) is 1. The van der Waals surface area contributed by atoms with E-state index in [-0.39, 0.29) is 0 Å². The summed E-state index contributed by atoms with van der Waals surface area (Å²) in [7, 11) is -3.20. The Morgan fingerprint density at radius 1 is 1.00 bits per heavy atom. The molecule has 1 aliphatic carbocycles. The van der Waals surface area contributed by atoms with Gasteiger partial charge in [-0.2, -0.15) is 0 Å². The van der Waals surface area contributed by atoms with Crippen LogP contribution in [0.15, 0.2) is 47.0 Å². The predicted molar refractivity (Wildman–Crippen MR) is 99.3 cm³/mol. The van der Waals surface area contributed by atoms with Crippen molar-refractivity contribution in [3.63, 3.8) is 0 Å². The number of piperidine rings is 1. The molecule has 130 valence electrons. The van der Waals surface area contributed by atoms with Gasteiger partial charge in [0.15, 0.2) is 9.84 Å². The highest BCUT2D eigenvalue weighted by molar-refractivity contribution is 7.90. The van der Waals surface area contributed by atoms with E-state index in [9.17, 15) is 8.42 Å². The average Bonchev–Trinajstić information content (AvgIpc) is 2.78. The molecule has 1 aromatic heterocycles. The molecule has 1 fully saturated rings. The number of sulfone groups is 1. The number of rotatable bonds is 1. The summed E-state index contributed by atoms with van der Waals surface area (Å²) in [6.45, 7) is 1.97. The van der Waals surface area contributed by atoms with Crippen molar-refractivity contribution in [2.45, 2.75) is 30.6 Å². The zero-order chi connectivity index (χ0) is 17.4. The van der Waals surface area contributed by atoms with Crippen LogP contribution in [-0.4, -0.2) is 32.7 Å². The van der Waals surface area contributed by atoms with Gasteiger partial charge in [-0.3, -0.25) is 4.98 Å². The average molecular weight is 354 g/mol.